The first-order chi connectivity index (χ1) is 36.4. The largest absolute Gasteiger partial charge is 0.494 e. The number of benzene rings is 7. The van der Waals surface area contributed by atoms with Gasteiger partial charge in [0.05, 0.1) is 31.5 Å². The molecule has 0 amide bonds. The molecular weight excluding hydrogens is 919 g/mol. The molecule has 0 aliphatic carbocycles. The van der Waals surface area contributed by atoms with E-state index in [1.807, 2.05) is 60.7 Å². The summed E-state index contributed by atoms with van der Waals surface area (Å²) >= 11 is 0. The van der Waals surface area contributed by atoms with Crippen molar-refractivity contribution in [3.05, 3.63) is 211 Å². The summed E-state index contributed by atoms with van der Waals surface area (Å²) in [5.74, 6) is 0.904. The van der Waals surface area contributed by atoms with E-state index in [0.29, 0.717) is 19.4 Å². The summed E-state index contributed by atoms with van der Waals surface area (Å²) in [5.41, 5.74) is 10.7. The molecular formula is C64H69N5O5. The Labute approximate surface area is 438 Å². The molecule has 0 saturated carbocycles. The van der Waals surface area contributed by atoms with Gasteiger partial charge in [-0.2, -0.15) is 0 Å². The van der Waals surface area contributed by atoms with Crippen molar-refractivity contribution in [3.8, 4) is 22.9 Å². The second-order valence-corrected chi connectivity index (χ2v) is 18.7. The summed E-state index contributed by atoms with van der Waals surface area (Å²) in [6.45, 7) is 15.7. The molecule has 10 nitrogen and oxygen atoms in total. The zero-order valence-corrected chi connectivity index (χ0v) is 42.9. The monoisotopic (exact) mass is 988 g/mol. The van der Waals surface area contributed by atoms with E-state index in [9.17, 15) is 10.5 Å². The van der Waals surface area contributed by atoms with E-state index < -0.39 is 0 Å². The van der Waals surface area contributed by atoms with E-state index in [0.717, 1.165) is 114 Å². The number of anilines is 7. The van der Waals surface area contributed by atoms with Crippen molar-refractivity contribution in [2.24, 2.45) is 11.8 Å². The highest BCUT2D eigenvalue weighted by Gasteiger charge is 2.27. The zero-order valence-electron chi connectivity index (χ0n) is 42.9. The highest BCUT2D eigenvalue weighted by atomic mass is 17.1. The fraction of sp³-hybridized carbons (Fsp3) is 0.281. The summed E-state index contributed by atoms with van der Waals surface area (Å²) in [5, 5.41) is 29.1. The molecule has 74 heavy (non-hydrogen) atoms. The lowest BCUT2D eigenvalue weighted by Gasteiger charge is -2.29. The minimum atomic E-state index is -0.367. The van der Waals surface area contributed by atoms with Crippen molar-refractivity contribution in [1.29, 1.82) is 5.26 Å². The lowest BCUT2D eigenvalue weighted by atomic mass is 9.84. The summed E-state index contributed by atoms with van der Waals surface area (Å²) in [6, 6.07) is 66.7. The molecule has 10 heteroatoms. The zero-order chi connectivity index (χ0) is 51.9. The molecule has 7 aromatic carbocycles. The van der Waals surface area contributed by atoms with E-state index >= 15 is 0 Å². The first-order valence-electron chi connectivity index (χ1n) is 26.0. The average Bonchev–Trinajstić information content (AvgIpc) is 3.46. The van der Waals surface area contributed by atoms with E-state index in [1.165, 1.54) is 0 Å². The van der Waals surface area contributed by atoms with Gasteiger partial charge < -0.3 is 19.4 Å². The number of hydrogen-bond acceptors (Lipinski definition) is 9. The Bertz CT molecular complexity index is 2780. The summed E-state index contributed by atoms with van der Waals surface area (Å²) in [4.78, 5) is 20.2. The smallest absolute Gasteiger partial charge is 0.262 e. The molecule has 0 fully saturated rings. The Morgan fingerprint density at radius 3 is 1.49 bits per heavy atom. The normalized spacial score (nSPS) is 12.9. The highest BCUT2D eigenvalue weighted by molar-refractivity contribution is 5.81. The van der Waals surface area contributed by atoms with Crippen molar-refractivity contribution in [1.82, 2.24) is 0 Å². The third-order valence-electron chi connectivity index (χ3n) is 13.8. The van der Waals surface area contributed by atoms with Crippen LogP contribution >= 0.6 is 0 Å². The molecule has 4 unspecified atom stereocenters. The average molecular weight is 988 g/mol. The highest BCUT2D eigenvalue weighted by Crippen LogP contribution is 2.39. The number of nitrogens with zero attached hydrogens (tertiary/aromatic N) is 5. The third kappa shape index (κ3) is 14.9. The lowest BCUT2D eigenvalue weighted by molar-refractivity contribution is -0.302. The van der Waals surface area contributed by atoms with Crippen LogP contribution in [-0.2, 0) is 9.78 Å². The maximum atomic E-state index is 10.1. The van der Waals surface area contributed by atoms with Crippen LogP contribution in [-0.4, -0.2) is 42.4 Å². The molecule has 7 aromatic rings. The third-order valence-corrected chi connectivity index (χ3v) is 13.8. The number of nitriles is 1. The van der Waals surface area contributed by atoms with Crippen LogP contribution in [0.5, 0.6) is 5.75 Å². The van der Waals surface area contributed by atoms with Gasteiger partial charge in [-0.05, 0) is 171 Å². The fourth-order valence-electron chi connectivity index (χ4n) is 9.75. The molecule has 0 saturated heterocycles. The maximum Gasteiger partial charge on any atom is 0.262 e. The Hall–Kier alpha value is -7.70. The maximum absolute atomic E-state index is 10.1. The molecule has 0 bridgehead atoms. The second kappa shape index (κ2) is 28.5. The number of unbranched alkanes of at least 4 members (excludes halogenated alkanes) is 2. The van der Waals surface area contributed by atoms with Gasteiger partial charge in [0.2, 0.25) is 0 Å². The van der Waals surface area contributed by atoms with Gasteiger partial charge in [0.1, 0.15) is 5.75 Å². The molecule has 0 aliphatic heterocycles. The summed E-state index contributed by atoms with van der Waals surface area (Å²) in [6.07, 6.45) is 7.43. The lowest BCUT2D eigenvalue weighted by Crippen LogP contribution is -2.29. The van der Waals surface area contributed by atoms with Crippen LogP contribution in [0.4, 0.5) is 39.8 Å². The van der Waals surface area contributed by atoms with Crippen molar-refractivity contribution in [2.45, 2.75) is 84.3 Å². The standard InChI is InChI=1S/C64H69N5O5/c1-5-51(46-49(3)63(73-70)26-17-10-18-44-67(6-2)55-34-28-50(29-35-55)47-54(48-65)66-4)64(74-71)27-19-45-72-62-42-40-61(41-43-62)69(58-24-15-9-16-25-58)60-38-32-53(33-39-60)52-30-36-59(37-31-52)68(56-20-11-7-12-21-56)57-22-13-8-14-23-57/h7-9,11-16,20-25,28-43,47,49,51,63-64,70-71H,5-6,10,17-19,26-27,44-46H2,1-3H3/b54-47-. The number of rotatable bonds is 28. The molecule has 0 heterocycles. The topological polar surface area (TPSA) is 106 Å². The van der Waals surface area contributed by atoms with E-state index in [-0.39, 0.29) is 29.7 Å². The fourth-order valence-corrected chi connectivity index (χ4v) is 9.75. The molecule has 0 spiro atoms. The van der Waals surface area contributed by atoms with Crippen molar-refractivity contribution in [2.75, 3.05) is 34.4 Å². The van der Waals surface area contributed by atoms with Gasteiger partial charge in [0.25, 0.3) is 5.70 Å². The van der Waals surface area contributed by atoms with Gasteiger partial charge in [-0.15, -0.1) is 0 Å². The summed E-state index contributed by atoms with van der Waals surface area (Å²) in [7, 11) is 0. The predicted octanol–water partition coefficient (Wildman–Crippen LogP) is 17.1. The minimum Gasteiger partial charge on any atom is -0.494 e. The Morgan fingerprint density at radius 2 is 1.04 bits per heavy atom. The van der Waals surface area contributed by atoms with Crippen LogP contribution < -0.4 is 19.4 Å². The molecule has 7 rings (SSSR count). The summed E-state index contributed by atoms with van der Waals surface area (Å²) < 4.78 is 6.24. The van der Waals surface area contributed by atoms with Crippen molar-refractivity contribution < 1.29 is 25.0 Å². The Kier molecular flexibility index (Phi) is 20.8. The van der Waals surface area contributed by atoms with Gasteiger partial charge in [-0.3, -0.25) is 10.5 Å². The van der Waals surface area contributed by atoms with Gasteiger partial charge in [-0.25, -0.2) is 19.9 Å². The first-order valence-corrected chi connectivity index (χ1v) is 26.0. The molecule has 0 aromatic heterocycles. The van der Waals surface area contributed by atoms with Crippen LogP contribution in [0.1, 0.15) is 77.7 Å². The minimum absolute atomic E-state index is 0.0601. The Morgan fingerprint density at radius 1 is 0.581 bits per heavy atom. The quantitative estimate of drug-likeness (QED) is 0.0163. The first kappa shape index (κ1) is 54.1. The Balaban J connectivity index is 0.885. The molecule has 0 aliphatic rings. The van der Waals surface area contributed by atoms with Crippen LogP contribution in [0.2, 0.25) is 0 Å². The predicted molar refractivity (Wildman–Crippen MR) is 302 cm³/mol. The van der Waals surface area contributed by atoms with E-state index in [1.54, 1.807) is 6.08 Å². The number of hydrogen-bond donors (Lipinski definition) is 2. The SMILES string of the molecule is [C-]#[N+]/C(C#N)=C\c1ccc(N(CC)CCCCCC(OO)C(C)CC(CC)C(CCCOc2ccc(N(c3ccccc3)c3ccc(-c4ccc(N(c5ccccc5)c5ccccc5)cc4)cc3)cc2)OO)cc1. The molecule has 4 atom stereocenters. The molecule has 0 radical (unpaired) electrons. The van der Waals surface area contributed by atoms with Gasteiger partial charge >= 0.3 is 0 Å². The van der Waals surface area contributed by atoms with Crippen LogP contribution in [0.15, 0.2) is 194 Å². The van der Waals surface area contributed by atoms with E-state index in [4.69, 9.17) is 26.3 Å². The second-order valence-electron chi connectivity index (χ2n) is 18.7. The van der Waals surface area contributed by atoms with Crippen molar-refractivity contribution >= 4 is 45.9 Å². The van der Waals surface area contributed by atoms with Crippen molar-refractivity contribution in [3.63, 3.8) is 0 Å². The number of ether oxygens (including phenoxy) is 1. The molecule has 380 valence electrons. The van der Waals surface area contributed by atoms with Crippen LogP contribution in [0.3, 0.4) is 0 Å². The van der Waals surface area contributed by atoms with Crippen LogP contribution in [0, 0.1) is 29.7 Å². The number of para-hydroxylation sites is 3. The van der Waals surface area contributed by atoms with Gasteiger partial charge in [-0.1, -0.05) is 124 Å². The van der Waals surface area contributed by atoms with Gasteiger partial charge in [0.15, 0.2) is 0 Å². The van der Waals surface area contributed by atoms with Crippen LogP contribution in [0.25, 0.3) is 22.0 Å². The van der Waals surface area contributed by atoms with E-state index in [2.05, 4.69) is 174 Å². The number of allylic oxidation sites excluding steroid dienone is 1. The molecule has 2 N–H and O–H groups in total. The van der Waals surface area contributed by atoms with Gasteiger partial charge in [0, 0.05) is 52.9 Å².